The molecular formula is C22H20Cl2N2O3. The Morgan fingerprint density at radius 2 is 1.48 bits per heavy atom. The third-order valence-corrected chi connectivity index (χ3v) is 4.27. The van der Waals surface area contributed by atoms with Crippen LogP contribution in [0.2, 0.25) is 10.0 Å². The van der Waals surface area contributed by atoms with Gasteiger partial charge in [0.2, 0.25) is 5.91 Å². The van der Waals surface area contributed by atoms with Gasteiger partial charge in [-0.2, -0.15) is 0 Å². The molecule has 0 aliphatic rings. The molecule has 0 bridgehead atoms. The lowest BCUT2D eigenvalue weighted by Crippen LogP contribution is -2.22. The van der Waals surface area contributed by atoms with E-state index in [1.54, 1.807) is 30.3 Å². The summed E-state index contributed by atoms with van der Waals surface area (Å²) in [6.45, 7) is 0.798. The Labute approximate surface area is 179 Å². The maximum Gasteiger partial charge on any atom is 0.243 e. The van der Waals surface area contributed by atoms with Gasteiger partial charge in [-0.05, 0) is 42.5 Å². The van der Waals surface area contributed by atoms with Gasteiger partial charge in [0.15, 0.2) is 0 Å². The number of anilines is 2. The van der Waals surface area contributed by atoms with Gasteiger partial charge in [-0.25, -0.2) is 0 Å². The average molecular weight is 431 g/mol. The zero-order chi connectivity index (χ0) is 20.5. The first kappa shape index (κ1) is 20.8. The minimum absolute atomic E-state index is 0.0577. The highest BCUT2D eigenvalue weighted by Crippen LogP contribution is 2.24. The summed E-state index contributed by atoms with van der Waals surface area (Å²) in [5.74, 6) is 1.13. The number of amides is 1. The van der Waals surface area contributed by atoms with E-state index in [4.69, 9.17) is 32.7 Å². The standard InChI is InChI=1S/C22H20Cl2N2O3/c23-16-12-17(24)14-18(13-16)25-15-22(27)26-20-8-4-5-9-21(20)29-11-10-28-19-6-2-1-3-7-19/h1-9,12-14,25H,10-11,15H2,(H,26,27). The third-order valence-electron chi connectivity index (χ3n) is 3.83. The first-order chi connectivity index (χ1) is 14.1. The predicted molar refractivity (Wildman–Crippen MR) is 117 cm³/mol. The highest BCUT2D eigenvalue weighted by Gasteiger charge is 2.08. The van der Waals surface area contributed by atoms with Crippen LogP contribution in [0.25, 0.3) is 0 Å². The lowest BCUT2D eigenvalue weighted by molar-refractivity contribution is -0.114. The van der Waals surface area contributed by atoms with Crippen molar-refractivity contribution in [1.82, 2.24) is 0 Å². The van der Waals surface area contributed by atoms with Gasteiger partial charge < -0.3 is 20.1 Å². The molecule has 3 aromatic rings. The van der Waals surface area contributed by atoms with Crippen LogP contribution in [0.4, 0.5) is 11.4 Å². The summed E-state index contributed by atoms with van der Waals surface area (Å²) >= 11 is 11.9. The molecule has 5 nitrogen and oxygen atoms in total. The molecule has 0 saturated heterocycles. The molecular weight excluding hydrogens is 411 g/mol. The molecule has 0 atom stereocenters. The second-order valence-electron chi connectivity index (χ2n) is 6.07. The van der Waals surface area contributed by atoms with E-state index in [-0.39, 0.29) is 12.5 Å². The number of carbonyl (C=O) groups is 1. The van der Waals surface area contributed by atoms with E-state index in [0.29, 0.717) is 40.4 Å². The topological polar surface area (TPSA) is 59.6 Å². The number of halogens is 2. The molecule has 0 aromatic heterocycles. The Kier molecular flexibility index (Phi) is 7.61. The summed E-state index contributed by atoms with van der Waals surface area (Å²) in [5.41, 5.74) is 1.25. The number of hydrogen-bond donors (Lipinski definition) is 2. The number of ether oxygens (including phenoxy) is 2. The number of nitrogens with one attached hydrogen (secondary N) is 2. The summed E-state index contributed by atoms with van der Waals surface area (Å²) in [4.78, 5) is 12.3. The van der Waals surface area contributed by atoms with E-state index in [0.717, 1.165) is 5.75 Å². The third kappa shape index (κ3) is 6.89. The quantitative estimate of drug-likeness (QED) is 0.439. The van der Waals surface area contributed by atoms with Crippen molar-refractivity contribution in [3.63, 3.8) is 0 Å². The summed E-state index contributed by atoms with van der Waals surface area (Å²) in [7, 11) is 0. The van der Waals surface area contributed by atoms with E-state index in [9.17, 15) is 4.79 Å². The molecule has 2 N–H and O–H groups in total. The van der Waals surface area contributed by atoms with E-state index >= 15 is 0 Å². The monoisotopic (exact) mass is 430 g/mol. The molecule has 7 heteroatoms. The second-order valence-corrected chi connectivity index (χ2v) is 6.94. The van der Waals surface area contributed by atoms with Gasteiger partial charge in [0.25, 0.3) is 0 Å². The van der Waals surface area contributed by atoms with E-state index in [1.165, 1.54) is 0 Å². The predicted octanol–water partition coefficient (Wildman–Crippen LogP) is 5.50. The summed E-state index contributed by atoms with van der Waals surface area (Å²) < 4.78 is 11.4. The zero-order valence-electron chi connectivity index (χ0n) is 15.5. The summed E-state index contributed by atoms with van der Waals surface area (Å²) in [6.07, 6.45) is 0. The maximum absolute atomic E-state index is 12.3. The second kappa shape index (κ2) is 10.6. The minimum atomic E-state index is -0.224. The molecule has 0 fully saturated rings. The van der Waals surface area contributed by atoms with Gasteiger partial charge in [0, 0.05) is 15.7 Å². The van der Waals surface area contributed by atoms with Crippen LogP contribution in [0.1, 0.15) is 0 Å². The normalized spacial score (nSPS) is 10.3. The van der Waals surface area contributed by atoms with Gasteiger partial charge in [-0.1, -0.05) is 53.5 Å². The molecule has 3 rings (SSSR count). The molecule has 0 heterocycles. The lowest BCUT2D eigenvalue weighted by atomic mass is 10.3. The Morgan fingerprint density at radius 1 is 0.828 bits per heavy atom. The van der Waals surface area contributed by atoms with E-state index < -0.39 is 0 Å². The van der Waals surface area contributed by atoms with Gasteiger partial charge >= 0.3 is 0 Å². The molecule has 0 saturated carbocycles. The molecule has 3 aromatic carbocycles. The first-order valence-corrected chi connectivity index (χ1v) is 9.75. The number of para-hydroxylation sites is 3. The van der Waals surface area contributed by atoms with E-state index in [1.807, 2.05) is 42.5 Å². The van der Waals surface area contributed by atoms with Gasteiger partial charge in [-0.3, -0.25) is 4.79 Å². The fourth-order valence-electron chi connectivity index (χ4n) is 2.56. The van der Waals surface area contributed by atoms with Crippen LogP contribution >= 0.6 is 23.2 Å². The Hall–Kier alpha value is -2.89. The maximum atomic E-state index is 12.3. The first-order valence-electron chi connectivity index (χ1n) is 8.99. The van der Waals surface area contributed by atoms with Crippen LogP contribution in [-0.2, 0) is 4.79 Å². The van der Waals surface area contributed by atoms with Crippen LogP contribution in [0.15, 0.2) is 72.8 Å². The fourth-order valence-corrected chi connectivity index (χ4v) is 3.08. The molecule has 0 radical (unpaired) electrons. The SMILES string of the molecule is O=C(CNc1cc(Cl)cc(Cl)c1)Nc1ccccc1OCCOc1ccccc1. The lowest BCUT2D eigenvalue weighted by Gasteiger charge is -2.13. The Morgan fingerprint density at radius 3 is 2.24 bits per heavy atom. The summed E-state index contributed by atoms with van der Waals surface area (Å²) in [6, 6.07) is 21.8. The van der Waals surface area contributed by atoms with Crippen LogP contribution in [0.3, 0.4) is 0 Å². The van der Waals surface area contributed by atoms with Gasteiger partial charge in [0.05, 0.1) is 12.2 Å². The van der Waals surface area contributed by atoms with Crippen molar-refractivity contribution in [2.45, 2.75) is 0 Å². The molecule has 0 aliphatic carbocycles. The van der Waals surface area contributed by atoms with Crippen LogP contribution in [0.5, 0.6) is 11.5 Å². The van der Waals surface area contributed by atoms with Crippen LogP contribution in [-0.4, -0.2) is 25.7 Å². The molecule has 1 amide bonds. The highest BCUT2D eigenvalue weighted by molar-refractivity contribution is 6.35. The number of carbonyl (C=O) groups excluding carboxylic acids is 1. The number of hydrogen-bond acceptors (Lipinski definition) is 4. The van der Waals surface area contributed by atoms with Crippen molar-refractivity contribution in [2.75, 3.05) is 30.4 Å². The van der Waals surface area contributed by atoms with Crippen molar-refractivity contribution < 1.29 is 14.3 Å². The molecule has 0 unspecified atom stereocenters. The number of rotatable bonds is 9. The highest BCUT2D eigenvalue weighted by atomic mass is 35.5. The van der Waals surface area contributed by atoms with Crippen molar-refractivity contribution in [3.05, 3.63) is 82.8 Å². The van der Waals surface area contributed by atoms with Crippen molar-refractivity contribution in [3.8, 4) is 11.5 Å². The van der Waals surface area contributed by atoms with Gasteiger partial charge in [0.1, 0.15) is 24.7 Å². The van der Waals surface area contributed by atoms with Gasteiger partial charge in [-0.15, -0.1) is 0 Å². The smallest absolute Gasteiger partial charge is 0.243 e. The summed E-state index contributed by atoms with van der Waals surface area (Å²) in [5, 5.41) is 6.82. The largest absolute Gasteiger partial charge is 0.490 e. The fraction of sp³-hybridized carbons (Fsp3) is 0.136. The molecule has 0 spiro atoms. The number of benzene rings is 3. The Bertz CT molecular complexity index is 932. The molecule has 0 aliphatic heterocycles. The Balaban J connectivity index is 1.49. The molecule has 150 valence electrons. The zero-order valence-corrected chi connectivity index (χ0v) is 17.0. The average Bonchev–Trinajstić information content (AvgIpc) is 2.71. The van der Waals surface area contributed by atoms with Crippen molar-refractivity contribution >= 4 is 40.5 Å². The molecule has 29 heavy (non-hydrogen) atoms. The van der Waals surface area contributed by atoms with Crippen LogP contribution in [0, 0.1) is 0 Å². The van der Waals surface area contributed by atoms with Crippen molar-refractivity contribution in [2.24, 2.45) is 0 Å². The van der Waals surface area contributed by atoms with Crippen molar-refractivity contribution in [1.29, 1.82) is 0 Å². The van der Waals surface area contributed by atoms with E-state index in [2.05, 4.69) is 10.6 Å². The van der Waals surface area contributed by atoms with Crippen LogP contribution < -0.4 is 20.1 Å². The minimum Gasteiger partial charge on any atom is -0.490 e.